The summed E-state index contributed by atoms with van der Waals surface area (Å²) in [4.78, 5) is 10.9. The van der Waals surface area contributed by atoms with Gasteiger partial charge in [0.2, 0.25) is 5.91 Å². The molecule has 1 aliphatic rings. The van der Waals surface area contributed by atoms with Crippen LogP contribution < -0.4 is 9.73 Å². The maximum atomic E-state index is 11.9. The van der Waals surface area contributed by atoms with Gasteiger partial charge in [-0.3, -0.25) is 10.2 Å². The number of nitrogens with one attached hydrogen (secondary N) is 2. The number of hydrogen-bond donors (Lipinski definition) is 2. The van der Waals surface area contributed by atoms with Crippen LogP contribution in [0.2, 0.25) is 0 Å². The van der Waals surface area contributed by atoms with Crippen molar-refractivity contribution in [3.05, 3.63) is 64.4 Å². The summed E-state index contributed by atoms with van der Waals surface area (Å²) in [6, 6.07) is 14.8. The summed E-state index contributed by atoms with van der Waals surface area (Å²) in [6.45, 7) is 2.89. The molecule has 33 heavy (non-hydrogen) atoms. The van der Waals surface area contributed by atoms with Crippen molar-refractivity contribution in [2.24, 2.45) is 14.7 Å². The zero-order valence-electron chi connectivity index (χ0n) is 17.1. The van der Waals surface area contributed by atoms with Crippen LogP contribution in [0.1, 0.15) is 13.8 Å². The summed E-state index contributed by atoms with van der Waals surface area (Å²) in [5.41, 5.74) is 2.26. The number of rotatable bonds is 6. The number of hydrogen-bond acceptors (Lipinski definition) is 9. The molecule has 2 aromatic carbocycles. The molecule has 2 N–H and O–H groups in total. The van der Waals surface area contributed by atoms with Crippen LogP contribution >= 0.6 is 22.1 Å². The normalized spacial score (nSPS) is 15.1. The van der Waals surface area contributed by atoms with Crippen LogP contribution in [-0.2, 0) is 42.3 Å². The van der Waals surface area contributed by atoms with Crippen molar-refractivity contribution in [2.45, 2.75) is 18.7 Å². The molecule has 1 heterocycles. The van der Waals surface area contributed by atoms with Gasteiger partial charge in [0.15, 0.2) is 5.84 Å². The molecule has 0 saturated carbocycles. The molecule has 1 amide bonds. The van der Waals surface area contributed by atoms with Crippen molar-refractivity contribution < 1.29 is 28.0 Å². The standard InChI is InChI=1S/C19H18N6O3S3.ClH.Co/c1-12-17(18(20)25(22-12)15-6-4-3-5-7-15)19(29)30-24-21-14-8-10-16(11-9-14)31(27,28)23-13(2)26;;/h3-11,20,29H,1-2H3,(H,23,26);1H;/q;;+2/p-2/b19-17-,20-18?,24-21?;;. The molecular formula is C19H17ClCoN6O3S3. The van der Waals surface area contributed by atoms with E-state index in [0.29, 0.717) is 21.2 Å². The van der Waals surface area contributed by atoms with Crippen molar-refractivity contribution in [2.75, 3.05) is 5.01 Å². The predicted molar refractivity (Wildman–Crippen MR) is 130 cm³/mol. The molecule has 14 heteroatoms. The number of amidine groups is 1. The average Bonchev–Trinajstić information content (AvgIpc) is 3.09. The number of amides is 1. The van der Waals surface area contributed by atoms with Gasteiger partial charge < -0.3 is 12.6 Å². The number of hydrazone groups is 1. The fourth-order valence-corrected chi connectivity index (χ4v) is 4.50. The van der Waals surface area contributed by atoms with Crippen molar-refractivity contribution in [3.63, 3.8) is 0 Å². The second-order valence-corrected chi connectivity index (χ2v) is 9.38. The minimum atomic E-state index is -3.90. The Morgan fingerprint density at radius 1 is 1.18 bits per heavy atom. The summed E-state index contributed by atoms with van der Waals surface area (Å²) >= 11 is 9.36. The Bertz CT molecular complexity index is 1220. The molecule has 0 atom stereocenters. The predicted octanol–water partition coefficient (Wildman–Crippen LogP) is 4.56. The molecule has 0 spiro atoms. The number of carbonyl (C=O) groups is 1. The minimum absolute atomic E-state index is 0.0624. The van der Waals surface area contributed by atoms with Crippen molar-refractivity contribution in [1.82, 2.24) is 4.72 Å². The van der Waals surface area contributed by atoms with E-state index in [2.05, 4.69) is 39.7 Å². The first-order valence-corrected chi connectivity index (χ1v) is 13.0. The molecule has 0 saturated heterocycles. The van der Waals surface area contributed by atoms with Gasteiger partial charge in [0.05, 0.1) is 22.0 Å². The molecule has 0 fully saturated rings. The van der Waals surface area contributed by atoms with Gasteiger partial charge in [0.1, 0.15) is 0 Å². The number of nitrogens with zero attached hydrogens (tertiary/aromatic N) is 4. The molecule has 1 aliphatic heterocycles. The van der Waals surface area contributed by atoms with E-state index in [1.165, 1.54) is 29.3 Å². The van der Waals surface area contributed by atoms with Crippen molar-refractivity contribution in [3.8, 4) is 0 Å². The first-order chi connectivity index (χ1) is 15.7. The molecule has 0 unspecified atom stereocenters. The van der Waals surface area contributed by atoms with Crippen LogP contribution in [0, 0.1) is 5.41 Å². The van der Waals surface area contributed by atoms with Gasteiger partial charge in [-0.25, -0.2) is 18.1 Å². The van der Waals surface area contributed by atoms with Gasteiger partial charge in [0.25, 0.3) is 10.0 Å². The Morgan fingerprint density at radius 3 is 2.36 bits per heavy atom. The van der Waals surface area contributed by atoms with E-state index in [1.807, 2.05) is 35.1 Å². The van der Waals surface area contributed by atoms with E-state index < -0.39 is 15.9 Å². The van der Waals surface area contributed by atoms with Crippen LogP contribution in [0.4, 0.5) is 11.4 Å². The Balaban J connectivity index is 0.00000187. The molecule has 175 valence electrons. The van der Waals surface area contributed by atoms with Crippen LogP contribution in [-0.4, -0.2) is 25.9 Å². The molecule has 9 nitrogen and oxygen atoms in total. The maximum absolute atomic E-state index is 11.9. The number of para-hydroxylation sites is 1. The van der Waals surface area contributed by atoms with Crippen molar-refractivity contribution in [1.29, 1.82) is 5.41 Å². The number of carbonyl (C=O) groups excluding carboxylic acids is 1. The summed E-state index contributed by atoms with van der Waals surface area (Å²) in [6.07, 6.45) is 0. The second kappa shape index (κ2) is 12.2. The Labute approximate surface area is 213 Å². The summed E-state index contributed by atoms with van der Waals surface area (Å²) in [5.74, 6) is -0.516. The van der Waals surface area contributed by atoms with Gasteiger partial charge in [-0.15, -0.1) is 13.9 Å². The van der Waals surface area contributed by atoms with Gasteiger partial charge in [-0.2, -0.15) is 5.10 Å². The van der Waals surface area contributed by atoms with Gasteiger partial charge in [-0.05, 0) is 43.3 Å². The summed E-state index contributed by atoms with van der Waals surface area (Å²) < 4.78 is 30.1. The monoisotopic (exact) mass is 567 g/mol. The van der Waals surface area contributed by atoms with E-state index in [1.54, 1.807) is 6.92 Å². The number of benzene rings is 2. The molecule has 0 radical (unpaired) electrons. The zero-order chi connectivity index (χ0) is 24.6. The van der Waals surface area contributed by atoms with Gasteiger partial charge in [0, 0.05) is 24.4 Å². The van der Waals surface area contributed by atoms with Gasteiger partial charge >= 0.3 is 25.0 Å². The van der Waals surface area contributed by atoms with Crippen LogP contribution in [0.3, 0.4) is 0 Å². The first kappa shape index (κ1) is 27.0. The topological polar surface area (TPSA) is 127 Å². The Hall–Kier alpha value is -2.29. The fourth-order valence-electron chi connectivity index (χ4n) is 2.62. The molecular weight excluding hydrogens is 551 g/mol. The molecule has 3 rings (SSSR count). The molecule has 0 aliphatic carbocycles. The Kier molecular flexibility index (Phi) is 10.0. The van der Waals surface area contributed by atoms with Crippen molar-refractivity contribution >= 4 is 73.6 Å². The third-order valence-corrected chi connectivity index (χ3v) is 6.38. The summed E-state index contributed by atoms with van der Waals surface area (Å²) in [5, 5.41) is 18.3. The molecule has 0 bridgehead atoms. The number of anilines is 1. The first-order valence-electron chi connectivity index (χ1n) is 8.94. The quantitative estimate of drug-likeness (QED) is 0.299. The number of halogens is 1. The van der Waals surface area contributed by atoms with E-state index in [-0.39, 0.29) is 10.7 Å². The van der Waals surface area contributed by atoms with Crippen LogP contribution in [0.15, 0.2) is 84.0 Å². The average molecular weight is 568 g/mol. The molecule has 2 aromatic rings. The van der Waals surface area contributed by atoms with E-state index in [9.17, 15) is 13.2 Å². The SMILES string of the molecule is CC(=O)NS(=O)(=O)c1ccc(N=NS/C([S-])=C2\C(=N)N(c3ccccc3)N=C2C)cc1.[Cl][Co+]. The van der Waals surface area contributed by atoms with E-state index >= 15 is 0 Å². The van der Waals surface area contributed by atoms with Crippen LogP contribution in [0.25, 0.3) is 0 Å². The van der Waals surface area contributed by atoms with E-state index in [4.69, 9.17) is 18.0 Å². The van der Waals surface area contributed by atoms with Crippen LogP contribution in [0.5, 0.6) is 0 Å². The summed E-state index contributed by atoms with van der Waals surface area (Å²) in [7, 11) is 0.422. The third-order valence-electron chi connectivity index (χ3n) is 3.97. The van der Waals surface area contributed by atoms with Gasteiger partial charge in [-0.1, -0.05) is 18.2 Å². The van der Waals surface area contributed by atoms with E-state index in [0.717, 1.165) is 24.6 Å². The fraction of sp³-hybridized carbons (Fsp3) is 0.105. The second-order valence-electron chi connectivity index (χ2n) is 6.27. The third kappa shape index (κ3) is 7.09. The zero-order valence-corrected chi connectivity index (χ0v) is 21.4. The Morgan fingerprint density at radius 2 is 1.79 bits per heavy atom. The number of sulfonamides is 1. The molecule has 0 aromatic heterocycles.